The topological polar surface area (TPSA) is 80.6 Å². The number of ether oxygens (including phenoxy) is 1. The van der Waals surface area contributed by atoms with Gasteiger partial charge < -0.3 is 9.30 Å². The van der Waals surface area contributed by atoms with Gasteiger partial charge in [-0.15, -0.1) is 0 Å². The number of aromatic nitrogens is 1. The van der Waals surface area contributed by atoms with E-state index in [9.17, 15) is 13.2 Å². The number of sulfonamides is 1. The summed E-state index contributed by atoms with van der Waals surface area (Å²) in [5.41, 5.74) is 3.93. The third-order valence-corrected chi connectivity index (χ3v) is 9.07. The lowest BCUT2D eigenvalue weighted by Gasteiger charge is -2.52. The monoisotopic (exact) mass is 491 g/mol. The number of esters is 1. The molecular formula is C27H29N3O4S. The Morgan fingerprint density at radius 2 is 1.94 bits per heavy atom. The number of fused-ring (bicyclic) bond motifs is 3. The number of hydrogen-bond acceptors (Lipinski definition) is 5. The van der Waals surface area contributed by atoms with E-state index in [-0.39, 0.29) is 22.3 Å². The van der Waals surface area contributed by atoms with Gasteiger partial charge in [0.15, 0.2) is 0 Å². The Morgan fingerprint density at radius 1 is 1.14 bits per heavy atom. The molecule has 6 rings (SSSR count). The summed E-state index contributed by atoms with van der Waals surface area (Å²) in [6.45, 7) is 6.28. The Morgan fingerprint density at radius 3 is 2.71 bits per heavy atom. The summed E-state index contributed by atoms with van der Waals surface area (Å²) in [5.74, 6) is -0.343. The predicted molar refractivity (Wildman–Crippen MR) is 135 cm³/mol. The van der Waals surface area contributed by atoms with Crippen molar-refractivity contribution in [1.82, 2.24) is 9.47 Å². The molecule has 0 amide bonds. The van der Waals surface area contributed by atoms with Crippen molar-refractivity contribution in [2.45, 2.75) is 44.0 Å². The van der Waals surface area contributed by atoms with E-state index < -0.39 is 10.0 Å². The molecule has 0 saturated carbocycles. The van der Waals surface area contributed by atoms with Gasteiger partial charge in [0, 0.05) is 23.0 Å². The largest absolute Gasteiger partial charge is 0.461 e. The van der Waals surface area contributed by atoms with Crippen LogP contribution in [0.1, 0.15) is 44.0 Å². The Bertz CT molecular complexity index is 1480. The van der Waals surface area contributed by atoms with Crippen LogP contribution in [0.4, 0.5) is 5.69 Å². The highest BCUT2D eigenvalue weighted by Gasteiger charge is 2.50. The standard InChI is InChI=1S/C27H29N3O4S/c1-3-34-26(31)22-17-27(2)14-8-15-29-16-13-19-23-20(28-35(32,33)18-9-5-4-6-10-18)11-7-12-21(23)30(22)24(19)25(27)29/h4-7,9-12,17,25,28H,3,8,13-16H2,1-2H3. The van der Waals surface area contributed by atoms with Crippen LogP contribution < -0.4 is 4.72 Å². The molecule has 182 valence electrons. The van der Waals surface area contributed by atoms with E-state index in [2.05, 4.69) is 22.6 Å². The van der Waals surface area contributed by atoms with E-state index in [0.717, 1.165) is 54.5 Å². The molecule has 0 radical (unpaired) electrons. The highest BCUT2D eigenvalue weighted by atomic mass is 32.2. The van der Waals surface area contributed by atoms with Crippen LogP contribution in [-0.4, -0.2) is 43.6 Å². The molecule has 0 bridgehead atoms. The van der Waals surface area contributed by atoms with Gasteiger partial charge >= 0.3 is 5.97 Å². The molecule has 1 fully saturated rings. The van der Waals surface area contributed by atoms with Gasteiger partial charge in [-0.25, -0.2) is 13.2 Å². The van der Waals surface area contributed by atoms with E-state index in [1.807, 2.05) is 29.7 Å². The van der Waals surface area contributed by atoms with E-state index in [1.54, 1.807) is 30.3 Å². The van der Waals surface area contributed by atoms with Gasteiger partial charge in [0.05, 0.1) is 28.7 Å². The highest BCUT2D eigenvalue weighted by Crippen LogP contribution is 2.56. The third kappa shape index (κ3) is 3.34. The van der Waals surface area contributed by atoms with Crippen molar-refractivity contribution in [2.24, 2.45) is 5.41 Å². The van der Waals surface area contributed by atoms with Crippen LogP contribution in [0.3, 0.4) is 0 Å². The summed E-state index contributed by atoms with van der Waals surface area (Å²) in [5, 5.41) is 0.867. The Hall–Kier alpha value is -3.10. The molecule has 3 aliphatic rings. The van der Waals surface area contributed by atoms with Gasteiger partial charge in [0.1, 0.15) is 5.70 Å². The lowest BCUT2D eigenvalue weighted by atomic mass is 9.69. The maximum atomic E-state index is 13.2. The smallest absolute Gasteiger partial charge is 0.354 e. The summed E-state index contributed by atoms with van der Waals surface area (Å²) in [6.07, 6.45) is 4.97. The number of benzene rings is 2. The molecule has 0 aliphatic carbocycles. The van der Waals surface area contributed by atoms with Crippen molar-refractivity contribution in [2.75, 3.05) is 24.4 Å². The van der Waals surface area contributed by atoms with E-state index in [0.29, 0.717) is 18.0 Å². The van der Waals surface area contributed by atoms with Crippen LogP contribution in [0.2, 0.25) is 0 Å². The average molecular weight is 492 g/mol. The molecule has 1 N–H and O–H groups in total. The van der Waals surface area contributed by atoms with Gasteiger partial charge in [-0.3, -0.25) is 9.62 Å². The first kappa shape index (κ1) is 22.4. The quantitative estimate of drug-likeness (QED) is 0.530. The van der Waals surface area contributed by atoms with Crippen LogP contribution in [0.25, 0.3) is 16.6 Å². The lowest BCUT2D eigenvalue weighted by Crippen LogP contribution is -2.50. The van der Waals surface area contributed by atoms with Crippen molar-refractivity contribution in [1.29, 1.82) is 0 Å². The van der Waals surface area contributed by atoms with Gasteiger partial charge in [-0.05, 0) is 68.6 Å². The minimum absolute atomic E-state index is 0.143. The molecule has 1 saturated heterocycles. The summed E-state index contributed by atoms with van der Waals surface area (Å²) >= 11 is 0. The van der Waals surface area contributed by atoms with Crippen LogP contribution >= 0.6 is 0 Å². The summed E-state index contributed by atoms with van der Waals surface area (Å²) in [7, 11) is -3.77. The SMILES string of the molecule is CCOC(=O)C1=CC2(C)CCCN3CCc4c(n1c1cccc(NS(=O)(=O)c5ccccc5)c41)C32. The summed E-state index contributed by atoms with van der Waals surface area (Å²) < 4.78 is 36.8. The number of nitrogens with one attached hydrogen (secondary N) is 1. The van der Waals surface area contributed by atoms with E-state index in [4.69, 9.17) is 4.74 Å². The first-order valence-electron chi connectivity index (χ1n) is 12.2. The Kier molecular flexibility index (Phi) is 5.09. The number of anilines is 1. The molecule has 7 nitrogen and oxygen atoms in total. The Balaban J connectivity index is 1.59. The second-order valence-corrected chi connectivity index (χ2v) is 11.5. The zero-order valence-corrected chi connectivity index (χ0v) is 20.8. The number of nitrogens with zero attached hydrogens (tertiary/aromatic N) is 2. The van der Waals surface area contributed by atoms with Crippen LogP contribution in [0, 0.1) is 5.41 Å². The van der Waals surface area contributed by atoms with Gasteiger partial charge in [-0.2, -0.15) is 0 Å². The summed E-state index contributed by atoms with van der Waals surface area (Å²) in [4.78, 5) is 15.9. The molecule has 2 unspecified atom stereocenters. The minimum Gasteiger partial charge on any atom is -0.461 e. The van der Waals surface area contributed by atoms with E-state index >= 15 is 0 Å². The van der Waals surface area contributed by atoms with Crippen molar-refractivity contribution < 1.29 is 17.9 Å². The number of hydrogen-bond donors (Lipinski definition) is 1. The number of rotatable bonds is 5. The van der Waals surface area contributed by atoms with Crippen molar-refractivity contribution in [3.8, 4) is 0 Å². The third-order valence-electron chi connectivity index (χ3n) is 7.68. The van der Waals surface area contributed by atoms with Crippen molar-refractivity contribution >= 4 is 38.3 Å². The second kappa shape index (κ2) is 7.96. The second-order valence-electron chi connectivity index (χ2n) is 9.87. The van der Waals surface area contributed by atoms with Crippen LogP contribution in [0.15, 0.2) is 59.5 Å². The molecular weight excluding hydrogens is 462 g/mol. The molecule has 8 heteroatoms. The molecule has 3 aliphatic heterocycles. The summed E-state index contributed by atoms with van der Waals surface area (Å²) in [6, 6.07) is 14.2. The maximum Gasteiger partial charge on any atom is 0.354 e. The van der Waals surface area contributed by atoms with E-state index in [1.165, 1.54) is 0 Å². The fourth-order valence-electron chi connectivity index (χ4n) is 6.34. The molecule has 35 heavy (non-hydrogen) atoms. The number of carbonyl (C=O) groups is 1. The fourth-order valence-corrected chi connectivity index (χ4v) is 7.43. The van der Waals surface area contributed by atoms with Crippen molar-refractivity contribution in [3.63, 3.8) is 0 Å². The van der Waals surface area contributed by atoms with Gasteiger partial charge in [-0.1, -0.05) is 31.2 Å². The zero-order valence-electron chi connectivity index (χ0n) is 20.0. The van der Waals surface area contributed by atoms with Gasteiger partial charge in [0.2, 0.25) is 0 Å². The van der Waals surface area contributed by atoms with Crippen LogP contribution in [0.5, 0.6) is 0 Å². The highest BCUT2D eigenvalue weighted by molar-refractivity contribution is 7.92. The fraction of sp³-hybridized carbons (Fsp3) is 0.370. The minimum atomic E-state index is -3.77. The molecule has 3 aromatic rings. The molecule has 2 atom stereocenters. The maximum absolute atomic E-state index is 13.2. The number of piperidine rings is 1. The average Bonchev–Trinajstić information content (AvgIpc) is 3.19. The molecule has 4 heterocycles. The normalized spacial score (nSPS) is 23.5. The zero-order chi connectivity index (χ0) is 24.4. The van der Waals surface area contributed by atoms with Crippen molar-refractivity contribution in [3.05, 3.63) is 65.9 Å². The first-order chi connectivity index (χ1) is 16.8. The van der Waals surface area contributed by atoms with Gasteiger partial charge in [0.25, 0.3) is 10.0 Å². The first-order valence-corrected chi connectivity index (χ1v) is 13.7. The van der Waals surface area contributed by atoms with Crippen LogP contribution in [-0.2, 0) is 26.0 Å². The molecule has 0 spiro atoms. The molecule has 2 aromatic carbocycles. The Labute approximate surface area is 205 Å². The predicted octanol–water partition coefficient (Wildman–Crippen LogP) is 4.56. The number of carbonyl (C=O) groups excluding carboxylic acids is 1. The lowest BCUT2D eigenvalue weighted by molar-refractivity contribution is -0.136. The molecule has 1 aromatic heterocycles.